The molecule has 0 aliphatic carbocycles. The van der Waals surface area contributed by atoms with Crippen LogP contribution in [0.25, 0.3) is 11.6 Å². The zero-order valence-corrected chi connectivity index (χ0v) is 12.4. The minimum absolute atomic E-state index is 0.260. The van der Waals surface area contributed by atoms with Gasteiger partial charge in [-0.3, -0.25) is 4.79 Å². The van der Waals surface area contributed by atoms with Crippen LogP contribution in [-0.2, 0) is 4.79 Å². The van der Waals surface area contributed by atoms with Crippen molar-refractivity contribution in [2.24, 2.45) is 0 Å². The van der Waals surface area contributed by atoms with Gasteiger partial charge in [0.1, 0.15) is 5.82 Å². The summed E-state index contributed by atoms with van der Waals surface area (Å²) < 4.78 is 14.5. The number of nitrogens with one attached hydrogen (secondary N) is 1. The number of carbonyl (C=O) groups is 1. The molecule has 3 rings (SSSR count). The highest BCUT2D eigenvalue weighted by Gasteiger charge is 2.24. The number of rotatable bonds is 1. The summed E-state index contributed by atoms with van der Waals surface area (Å²) in [5, 5.41) is 3.26. The SMILES string of the molecule is O=C1Nc2ccc(Cl)cc2/C1=C\c1ccc(Br)cc1F. The first-order chi connectivity index (χ1) is 9.54. The van der Waals surface area contributed by atoms with Crippen molar-refractivity contribution in [3.05, 3.63) is 62.8 Å². The van der Waals surface area contributed by atoms with E-state index >= 15 is 0 Å². The summed E-state index contributed by atoms with van der Waals surface area (Å²) in [5.74, 6) is -0.653. The molecule has 0 saturated heterocycles. The second-order valence-electron chi connectivity index (χ2n) is 4.37. The Morgan fingerprint density at radius 1 is 1.20 bits per heavy atom. The molecule has 0 saturated carbocycles. The van der Waals surface area contributed by atoms with Gasteiger partial charge in [0.2, 0.25) is 0 Å². The van der Waals surface area contributed by atoms with Crippen LogP contribution < -0.4 is 5.32 Å². The van der Waals surface area contributed by atoms with Gasteiger partial charge in [0.25, 0.3) is 5.91 Å². The molecule has 0 fully saturated rings. The first-order valence-corrected chi connectivity index (χ1v) is 7.00. The minimum atomic E-state index is -0.393. The molecule has 0 radical (unpaired) electrons. The summed E-state index contributed by atoms with van der Waals surface area (Å²) in [6.07, 6.45) is 1.53. The summed E-state index contributed by atoms with van der Waals surface area (Å²) in [4.78, 5) is 12.0. The number of halogens is 3. The van der Waals surface area contributed by atoms with E-state index in [0.29, 0.717) is 31.9 Å². The van der Waals surface area contributed by atoms with Gasteiger partial charge in [-0.25, -0.2) is 4.39 Å². The van der Waals surface area contributed by atoms with Gasteiger partial charge in [0.15, 0.2) is 0 Å². The summed E-state index contributed by atoms with van der Waals surface area (Å²) in [6.45, 7) is 0. The normalized spacial score (nSPS) is 15.3. The number of carbonyl (C=O) groups excluding carboxylic acids is 1. The van der Waals surface area contributed by atoms with Gasteiger partial charge in [0, 0.05) is 31.9 Å². The summed E-state index contributed by atoms with van der Waals surface area (Å²) in [5.41, 5.74) is 2.13. The fourth-order valence-electron chi connectivity index (χ4n) is 2.08. The van der Waals surface area contributed by atoms with Gasteiger partial charge in [-0.1, -0.05) is 33.6 Å². The molecule has 0 unspecified atom stereocenters. The Morgan fingerprint density at radius 2 is 2.00 bits per heavy atom. The van der Waals surface area contributed by atoms with Gasteiger partial charge in [0.05, 0.1) is 0 Å². The first kappa shape index (κ1) is 13.3. The molecular formula is C15H8BrClFNO. The van der Waals surface area contributed by atoms with Crippen LogP contribution >= 0.6 is 27.5 Å². The Kier molecular flexibility index (Phi) is 3.36. The third kappa shape index (κ3) is 2.37. The largest absolute Gasteiger partial charge is 0.321 e. The summed E-state index contributed by atoms with van der Waals surface area (Å²) in [7, 11) is 0. The molecule has 2 aromatic rings. The summed E-state index contributed by atoms with van der Waals surface area (Å²) >= 11 is 9.14. The van der Waals surface area contributed by atoms with Crippen LogP contribution in [-0.4, -0.2) is 5.91 Å². The standard InChI is InChI=1S/C15H8BrClFNO/c16-9-2-1-8(13(18)6-9)5-12-11-7-10(17)3-4-14(11)19-15(12)20/h1-7H,(H,19,20)/b12-5+. The van der Waals surface area contributed by atoms with Gasteiger partial charge >= 0.3 is 0 Å². The number of benzene rings is 2. The number of amides is 1. The molecule has 2 nitrogen and oxygen atoms in total. The smallest absolute Gasteiger partial charge is 0.256 e. The third-order valence-corrected chi connectivity index (χ3v) is 3.76. The van der Waals surface area contributed by atoms with Crippen molar-refractivity contribution in [1.29, 1.82) is 0 Å². The number of hydrogen-bond acceptors (Lipinski definition) is 1. The Bertz CT molecular complexity index is 758. The molecule has 1 aliphatic rings. The molecule has 0 aromatic heterocycles. The van der Waals surface area contributed by atoms with Crippen LogP contribution in [0.2, 0.25) is 5.02 Å². The van der Waals surface area contributed by atoms with Crippen molar-refractivity contribution in [3.8, 4) is 0 Å². The molecule has 0 spiro atoms. The maximum atomic E-state index is 13.9. The minimum Gasteiger partial charge on any atom is -0.321 e. The number of hydrogen-bond donors (Lipinski definition) is 1. The Hall–Kier alpha value is -1.65. The lowest BCUT2D eigenvalue weighted by Gasteiger charge is -2.01. The highest BCUT2D eigenvalue weighted by molar-refractivity contribution is 9.10. The third-order valence-electron chi connectivity index (χ3n) is 3.03. The van der Waals surface area contributed by atoms with Gasteiger partial charge in [-0.05, 0) is 36.4 Å². The van der Waals surface area contributed by atoms with E-state index in [1.54, 1.807) is 30.3 Å². The molecule has 100 valence electrons. The van der Waals surface area contributed by atoms with Crippen molar-refractivity contribution >= 4 is 50.8 Å². The van der Waals surface area contributed by atoms with Crippen LogP contribution in [0.3, 0.4) is 0 Å². The predicted molar refractivity (Wildman–Crippen MR) is 82.1 cm³/mol. The second kappa shape index (κ2) is 5.04. The maximum Gasteiger partial charge on any atom is 0.256 e. The lowest BCUT2D eigenvalue weighted by molar-refractivity contribution is -0.110. The highest BCUT2D eigenvalue weighted by atomic mass is 79.9. The topological polar surface area (TPSA) is 29.1 Å². The van der Waals surface area contributed by atoms with Gasteiger partial charge in [-0.2, -0.15) is 0 Å². The Morgan fingerprint density at radius 3 is 2.75 bits per heavy atom. The van der Waals surface area contributed by atoms with Crippen LogP contribution in [0.15, 0.2) is 40.9 Å². The van der Waals surface area contributed by atoms with E-state index in [2.05, 4.69) is 21.2 Å². The van der Waals surface area contributed by atoms with E-state index in [4.69, 9.17) is 11.6 Å². The zero-order chi connectivity index (χ0) is 14.3. The lowest BCUT2D eigenvalue weighted by Crippen LogP contribution is -2.03. The molecule has 5 heteroatoms. The Labute approximate surface area is 128 Å². The quantitative estimate of drug-likeness (QED) is 0.738. The molecule has 1 aliphatic heterocycles. The second-order valence-corrected chi connectivity index (χ2v) is 5.72. The van der Waals surface area contributed by atoms with E-state index in [0.717, 1.165) is 0 Å². The van der Waals surface area contributed by atoms with Crippen LogP contribution in [0, 0.1) is 5.82 Å². The fourth-order valence-corrected chi connectivity index (χ4v) is 2.58. The molecule has 1 heterocycles. The molecular weight excluding hydrogens is 345 g/mol. The van der Waals surface area contributed by atoms with Crippen molar-refractivity contribution in [2.75, 3.05) is 5.32 Å². The van der Waals surface area contributed by atoms with Crippen LogP contribution in [0.5, 0.6) is 0 Å². The van der Waals surface area contributed by atoms with Gasteiger partial charge < -0.3 is 5.32 Å². The van der Waals surface area contributed by atoms with Crippen molar-refractivity contribution in [2.45, 2.75) is 0 Å². The fraction of sp³-hybridized carbons (Fsp3) is 0. The molecule has 0 bridgehead atoms. The average Bonchev–Trinajstić information content (AvgIpc) is 2.69. The monoisotopic (exact) mass is 351 g/mol. The Balaban J connectivity index is 2.13. The van der Waals surface area contributed by atoms with Crippen molar-refractivity contribution < 1.29 is 9.18 Å². The lowest BCUT2D eigenvalue weighted by atomic mass is 10.0. The number of fused-ring (bicyclic) bond motifs is 1. The van der Waals surface area contributed by atoms with E-state index in [9.17, 15) is 9.18 Å². The van der Waals surface area contributed by atoms with E-state index < -0.39 is 5.82 Å². The summed E-state index contributed by atoms with van der Waals surface area (Å²) in [6, 6.07) is 9.82. The van der Waals surface area contributed by atoms with E-state index in [1.807, 2.05) is 0 Å². The molecule has 20 heavy (non-hydrogen) atoms. The zero-order valence-electron chi connectivity index (χ0n) is 10.1. The molecule has 0 atom stereocenters. The molecule has 2 aromatic carbocycles. The number of anilines is 1. The molecule has 1 amide bonds. The van der Waals surface area contributed by atoms with Gasteiger partial charge in [-0.15, -0.1) is 0 Å². The predicted octanol–water partition coefficient (Wildman–Crippen LogP) is 4.73. The average molecular weight is 353 g/mol. The van der Waals surface area contributed by atoms with Crippen LogP contribution in [0.1, 0.15) is 11.1 Å². The van der Waals surface area contributed by atoms with Crippen molar-refractivity contribution in [1.82, 2.24) is 0 Å². The van der Waals surface area contributed by atoms with Crippen LogP contribution in [0.4, 0.5) is 10.1 Å². The van der Waals surface area contributed by atoms with Crippen molar-refractivity contribution in [3.63, 3.8) is 0 Å². The van der Waals surface area contributed by atoms with E-state index in [1.165, 1.54) is 12.1 Å². The highest BCUT2D eigenvalue weighted by Crippen LogP contribution is 2.35. The molecule has 1 N–H and O–H groups in total. The first-order valence-electron chi connectivity index (χ1n) is 5.82. The maximum absolute atomic E-state index is 13.9. The van der Waals surface area contributed by atoms with E-state index in [-0.39, 0.29) is 5.91 Å².